The molecule has 0 unspecified atom stereocenters. The first-order valence-corrected chi connectivity index (χ1v) is 10.9. The Morgan fingerprint density at radius 2 is 1.94 bits per heavy atom. The zero-order valence-electron chi connectivity index (χ0n) is 18.3. The van der Waals surface area contributed by atoms with Gasteiger partial charge < -0.3 is 14.6 Å². The highest BCUT2D eigenvalue weighted by molar-refractivity contribution is 5.81. The van der Waals surface area contributed by atoms with E-state index in [1.807, 2.05) is 43.1 Å². The number of hydrogen-bond acceptors (Lipinski definition) is 5. The molecule has 0 amide bonds. The van der Waals surface area contributed by atoms with Crippen LogP contribution in [-0.4, -0.2) is 39.3 Å². The molecule has 1 aliphatic rings. The van der Waals surface area contributed by atoms with Crippen molar-refractivity contribution in [3.8, 4) is 11.3 Å². The zero-order valence-corrected chi connectivity index (χ0v) is 18.3. The highest BCUT2D eigenvalue weighted by Gasteiger charge is 2.34. The second kappa shape index (κ2) is 8.31. The van der Waals surface area contributed by atoms with Gasteiger partial charge in [0, 0.05) is 43.9 Å². The molecule has 4 aromatic rings. The monoisotopic (exact) mass is 431 g/mol. The first kappa shape index (κ1) is 20.6. The summed E-state index contributed by atoms with van der Waals surface area (Å²) in [5.41, 5.74) is 4.65. The average molecular weight is 432 g/mol. The SMILES string of the molecule is Cc1nc(NCC2(c3cccc(F)c3)CCOCC2)cc(-c2ccc3c(c2)ncn3C)n1. The van der Waals surface area contributed by atoms with E-state index in [2.05, 4.69) is 32.4 Å². The molecule has 2 aromatic heterocycles. The smallest absolute Gasteiger partial charge is 0.130 e. The van der Waals surface area contributed by atoms with Crippen LogP contribution in [0.2, 0.25) is 0 Å². The summed E-state index contributed by atoms with van der Waals surface area (Å²) in [7, 11) is 1.98. The molecule has 6 nitrogen and oxygen atoms in total. The molecule has 1 fully saturated rings. The molecule has 1 N–H and O–H groups in total. The number of aromatic nitrogens is 4. The summed E-state index contributed by atoms with van der Waals surface area (Å²) in [6.45, 7) is 3.87. The highest BCUT2D eigenvalue weighted by Crippen LogP contribution is 2.35. The number of aryl methyl sites for hydroxylation is 2. The van der Waals surface area contributed by atoms with E-state index in [-0.39, 0.29) is 11.2 Å². The van der Waals surface area contributed by atoms with Gasteiger partial charge in [-0.3, -0.25) is 0 Å². The zero-order chi connectivity index (χ0) is 22.1. The van der Waals surface area contributed by atoms with Crippen molar-refractivity contribution in [2.75, 3.05) is 25.1 Å². The summed E-state index contributed by atoms with van der Waals surface area (Å²) < 4.78 is 21.6. The number of hydrogen-bond donors (Lipinski definition) is 1. The number of anilines is 1. The van der Waals surface area contributed by atoms with Crippen LogP contribution in [-0.2, 0) is 17.2 Å². The molecule has 2 aromatic carbocycles. The van der Waals surface area contributed by atoms with Crippen LogP contribution in [0.4, 0.5) is 10.2 Å². The number of nitrogens with one attached hydrogen (secondary N) is 1. The first-order chi connectivity index (χ1) is 15.5. The minimum atomic E-state index is -0.210. The van der Waals surface area contributed by atoms with E-state index in [0.717, 1.165) is 46.5 Å². The number of fused-ring (bicyclic) bond motifs is 1. The van der Waals surface area contributed by atoms with Crippen molar-refractivity contribution in [2.24, 2.45) is 7.05 Å². The van der Waals surface area contributed by atoms with E-state index in [1.54, 1.807) is 12.1 Å². The van der Waals surface area contributed by atoms with Crippen molar-refractivity contribution >= 4 is 16.9 Å². The van der Waals surface area contributed by atoms with Crippen LogP contribution in [0.25, 0.3) is 22.3 Å². The van der Waals surface area contributed by atoms with Gasteiger partial charge in [-0.25, -0.2) is 19.3 Å². The lowest BCUT2D eigenvalue weighted by molar-refractivity contribution is 0.0542. The lowest BCUT2D eigenvalue weighted by atomic mass is 9.74. The van der Waals surface area contributed by atoms with Crippen LogP contribution < -0.4 is 5.32 Å². The second-order valence-corrected chi connectivity index (χ2v) is 8.50. The van der Waals surface area contributed by atoms with E-state index in [1.165, 1.54) is 6.07 Å². The van der Waals surface area contributed by atoms with E-state index in [9.17, 15) is 4.39 Å². The molecule has 1 aliphatic heterocycles. The molecule has 7 heteroatoms. The predicted octanol–water partition coefficient (Wildman–Crippen LogP) is 4.64. The van der Waals surface area contributed by atoms with Gasteiger partial charge in [-0.15, -0.1) is 0 Å². The largest absolute Gasteiger partial charge is 0.381 e. The molecule has 5 rings (SSSR count). The summed E-state index contributed by atoms with van der Waals surface area (Å²) in [6, 6.07) is 15.1. The number of halogens is 1. The lowest BCUT2D eigenvalue weighted by Gasteiger charge is -2.38. The molecule has 0 radical (unpaired) electrons. The number of ether oxygens (including phenoxy) is 1. The van der Waals surface area contributed by atoms with Gasteiger partial charge in [0.25, 0.3) is 0 Å². The molecule has 0 saturated carbocycles. The highest BCUT2D eigenvalue weighted by atomic mass is 19.1. The number of nitrogens with zero attached hydrogens (tertiary/aromatic N) is 4. The Labute approximate surface area is 186 Å². The lowest BCUT2D eigenvalue weighted by Crippen LogP contribution is -2.40. The fourth-order valence-corrected chi connectivity index (χ4v) is 4.51. The fourth-order valence-electron chi connectivity index (χ4n) is 4.51. The van der Waals surface area contributed by atoms with Crippen LogP contribution >= 0.6 is 0 Å². The summed E-state index contributed by atoms with van der Waals surface area (Å²) in [4.78, 5) is 13.7. The van der Waals surface area contributed by atoms with Gasteiger partial charge in [0.05, 0.1) is 23.1 Å². The van der Waals surface area contributed by atoms with Gasteiger partial charge in [0.2, 0.25) is 0 Å². The summed E-state index contributed by atoms with van der Waals surface area (Å²) >= 11 is 0. The topological polar surface area (TPSA) is 64.9 Å². The molecule has 32 heavy (non-hydrogen) atoms. The minimum Gasteiger partial charge on any atom is -0.381 e. The second-order valence-electron chi connectivity index (χ2n) is 8.50. The van der Waals surface area contributed by atoms with Crippen molar-refractivity contribution in [1.29, 1.82) is 0 Å². The molecule has 0 bridgehead atoms. The maximum atomic E-state index is 14.0. The minimum absolute atomic E-state index is 0.202. The standard InChI is InChI=1S/C25H26FN5O/c1-17-29-21(18-6-7-23-22(12-18)28-16-31(23)2)14-24(30-17)27-15-25(8-10-32-11-9-25)19-4-3-5-20(26)13-19/h3-7,12-14,16H,8-11,15H2,1-2H3,(H,27,29,30). The van der Waals surface area contributed by atoms with Crippen LogP contribution in [0, 0.1) is 12.7 Å². The van der Waals surface area contributed by atoms with Crippen molar-refractivity contribution in [3.63, 3.8) is 0 Å². The number of imidazole rings is 1. The molecular formula is C25H26FN5O. The maximum Gasteiger partial charge on any atom is 0.130 e. The van der Waals surface area contributed by atoms with Gasteiger partial charge in [-0.05, 0) is 49.6 Å². The summed E-state index contributed by atoms with van der Waals surface area (Å²) in [6.07, 6.45) is 3.47. The molecule has 0 aliphatic carbocycles. The first-order valence-electron chi connectivity index (χ1n) is 10.9. The van der Waals surface area contributed by atoms with E-state index < -0.39 is 0 Å². The van der Waals surface area contributed by atoms with Crippen molar-refractivity contribution in [2.45, 2.75) is 25.2 Å². The third-order valence-corrected chi connectivity index (χ3v) is 6.35. The van der Waals surface area contributed by atoms with Gasteiger partial charge in [0.15, 0.2) is 0 Å². The molecule has 0 atom stereocenters. The van der Waals surface area contributed by atoms with Gasteiger partial charge in [0.1, 0.15) is 17.5 Å². The quantitative estimate of drug-likeness (QED) is 0.499. The molecule has 1 saturated heterocycles. The Hall–Kier alpha value is -3.32. The summed E-state index contributed by atoms with van der Waals surface area (Å²) in [5.74, 6) is 1.24. The van der Waals surface area contributed by atoms with Gasteiger partial charge >= 0.3 is 0 Å². The van der Waals surface area contributed by atoms with Crippen LogP contribution in [0.5, 0.6) is 0 Å². The van der Waals surface area contributed by atoms with E-state index >= 15 is 0 Å². The Morgan fingerprint density at radius 1 is 1.09 bits per heavy atom. The molecule has 164 valence electrons. The summed E-state index contributed by atoms with van der Waals surface area (Å²) in [5, 5.41) is 3.52. The van der Waals surface area contributed by atoms with Gasteiger partial charge in [-0.1, -0.05) is 18.2 Å². The van der Waals surface area contributed by atoms with Crippen LogP contribution in [0.1, 0.15) is 24.2 Å². The van der Waals surface area contributed by atoms with Crippen molar-refractivity contribution in [1.82, 2.24) is 19.5 Å². The maximum absolute atomic E-state index is 14.0. The number of benzene rings is 2. The van der Waals surface area contributed by atoms with Crippen LogP contribution in [0.15, 0.2) is 54.9 Å². The Balaban J connectivity index is 1.44. The van der Waals surface area contributed by atoms with Crippen LogP contribution in [0.3, 0.4) is 0 Å². The predicted molar refractivity (Wildman–Crippen MR) is 123 cm³/mol. The third-order valence-electron chi connectivity index (χ3n) is 6.35. The Morgan fingerprint density at radius 3 is 2.75 bits per heavy atom. The fraction of sp³-hybridized carbons (Fsp3) is 0.320. The molecular weight excluding hydrogens is 405 g/mol. The average Bonchev–Trinajstić information content (AvgIpc) is 3.18. The Kier molecular flexibility index (Phi) is 5.35. The molecule has 0 spiro atoms. The van der Waals surface area contributed by atoms with E-state index in [4.69, 9.17) is 4.74 Å². The Bertz CT molecular complexity index is 1260. The molecule has 3 heterocycles. The number of rotatable bonds is 5. The van der Waals surface area contributed by atoms with Gasteiger partial charge in [-0.2, -0.15) is 0 Å². The van der Waals surface area contributed by atoms with Crippen molar-refractivity contribution < 1.29 is 9.13 Å². The third kappa shape index (κ3) is 3.96. The normalized spacial score (nSPS) is 15.7. The van der Waals surface area contributed by atoms with E-state index in [0.29, 0.717) is 25.6 Å². The van der Waals surface area contributed by atoms with Crippen molar-refractivity contribution in [3.05, 3.63) is 72.1 Å².